The number of carboxylic acids is 1. The Kier molecular flexibility index (Phi) is 5.00. The van der Waals surface area contributed by atoms with Crippen molar-refractivity contribution in [3.8, 4) is 0 Å². The fourth-order valence-corrected chi connectivity index (χ4v) is 5.19. The minimum atomic E-state index is -3.99. The predicted octanol–water partition coefficient (Wildman–Crippen LogP) is 2.61. The summed E-state index contributed by atoms with van der Waals surface area (Å²) in [5.41, 5.74) is 0. The minimum absolute atomic E-state index is 0.0934. The quantitative estimate of drug-likeness (QED) is 0.852. The van der Waals surface area contributed by atoms with Crippen LogP contribution in [0, 0.1) is 5.82 Å². The van der Waals surface area contributed by atoms with Crippen molar-refractivity contribution in [1.82, 2.24) is 4.31 Å². The van der Waals surface area contributed by atoms with Gasteiger partial charge in [-0.05, 0) is 47.0 Å². The summed E-state index contributed by atoms with van der Waals surface area (Å²) >= 11 is 3.03. The number of hydrogen-bond acceptors (Lipinski definition) is 3. The normalized spacial score (nSPS) is 16.5. The van der Waals surface area contributed by atoms with E-state index in [-0.39, 0.29) is 15.4 Å². The van der Waals surface area contributed by atoms with Crippen LogP contribution in [0.15, 0.2) is 27.6 Å². The van der Waals surface area contributed by atoms with Crippen molar-refractivity contribution in [2.24, 2.45) is 0 Å². The lowest BCUT2D eigenvalue weighted by atomic mass is 10.2. The number of rotatable bonds is 5. The Labute approximate surface area is 130 Å². The van der Waals surface area contributed by atoms with E-state index in [0.29, 0.717) is 12.8 Å². The van der Waals surface area contributed by atoms with Crippen LogP contribution in [-0.4, -0.2) is 36.4 Å². The molecule has 0 atom stereocenters. The number of halogens is 2. The van der Waals surface area contributed by atoms with Crippen molar-refractivity contribution in [2.45, 2.75) is 36.6 Å². The van der Waals surface area contributed by atoms with E-state index in [4.69, 9.17) is 5.11 Å². The number of benzene rings is 1. The summed E-state index contributed by atoms with van der Waals surface area (Å²) in [7, 11) is -3.99. The average Bonchev–Trinajstić information content (AvgIpc) is 2.88. The molecule has 0 amide bonds. The number of hydrogen-bond donors (Lipinski definition) is 1. The molecule has 0 unspecified atom stereocenters. The second-order valence-electron chi connectivity index (χ2n) is 4.96. The highest BCUT2D eigenvalue weighted by Crippen LogP contribution is 2.31. The summed E-state index contributed by atoms with van der Waals surface area (Å²) in [6.07, 6.45) is 3.04. The van der Waals surface area contributed by atoms with Crippen LogP contribution >= 0.6 is 15.9 Å². The minimum Gasteiger partial charge on any atom is -0.480 e. The van der Waals surface area contributed by atoms with E-state index in [0.717, 1.165) is 35.3 Å². The summed E-state index contributed by atoms with van der Waals surface area (Å²) in [6.45, 7) is -0.586. The highest BCUT2D eigenvalue weighted by Gasteiger charge is 2.35. The molecule has 0 aromatic heterocycles. The second-order valence-corrected chi connectivity index (χ2v) is 7.67. The Balaban J connectivity index is 2.43. The summed E-state index contributed by atoms with van der Waals surface area (Å²) in [5, 5.41) is 8.99. The first-order valence-corrected chi connectivity index (χ1v) is 8.74. The number of carbonyl (C=O) groups is 1. The monoisotopic (exact) mass is 379 g/mol. The Morgan fingerprint density at radius 2 is 2.00 bits per heavy atom. The highest BCUT2D eigenvalue weighted by atomic mass is 79.9. The van der Waals surface area contributed by atoms with Crippen molar-refractivity contribution in [2.75, 3.05) is 6.54 Å². The largest absolute Gasteiger partial charge is 0.480 e. The topological polar surface area (TPSA) is 74.7 Å². The van der Waals surface area contributed by atoms with Gasteiger partial charge < -0.3 is 5.11 Å². The Morgan fingerprint density at radius 1 is 1.38 bits per heavy atom. The van der Waals surface area contributed by atoms with Gasteiger partial charge >= 0.3 is 5.97 Å². The van der Waals surface area contributed by atoms with Crippen LogP contribution in [0.4, 0.5) is 4.39 Å². The molecule has 1 aromatic rings. The third kappa shape index (κ3) is 3.61. The third-order valence-electron chi connectivity index (χ3n) is 3.50. The molecular weight excluding hydrogens is 365 g/mol. The van der Waals surface area contributed by atoms with Crippen LogP contribution in [0.25, 0.3) is 0 Å². The maximum atomic E-state index is 13.1. The van der Waals surface area contributed by atoms with E-state index in [9.17, 15) is 17.6 Å². The van der Waals surface area contributed by atoms with E-state index in [2.05, 4.69) is 15.9 Å². The van der Waals surface area contributed by atoms with Crippen molar-refractivity contribution in [3.63, 3.8) is 0 Å². The molecule has 1 fully saturated rings. The molecule has 0 radical (unpaired) electrons. The van der Waals surface area contributed by atoms with Crippen LogP contribution in [0.2, 0.25) is 0 Å². The lowest BCUT2D eigenvalue weighted by molar-refractivity contribution is -0.137. The summed E-state index contributed by atoms with van der Waals surface area (Å²) in [5.74, 6) is -1.77. The van der Waals surface area contributed by atoms with Crippen molar-refractivity contribution >= 4 is 31.9 Å². The molecule has 0 bridgehead atoms. The highest BCUT2D eigenvalue weighted by molar-refractivity contribution is 9.10. The van der Waals surface area contributed by atoms with Crippen LogP contribution in [0.3, 0.4) is 0 Å². The third-order valence-corrected chi connectivity index (χ3v) is 6.38. The van der Waals surface area contributed by atoms with Gasteiger partial charge in [0.2, 0.25) is 10.0 Å². The summed E-state index contributed by atoms with van der Waals surface area (Å²) in [4.78, 5) is 10.9. The second kappa shape index (κ2) is 6.41. The first kappa shape index (κ1) is 16.4. The standard InChI is InChI=1S/C13H15BrFNO4S/c14-11-7-9(15)5-6-12(11)21(19,20)16(8-13(17)18)10-3-1-2-4-10/h5-7,10H,1-4,8H2,(H,17,18). The zero-order valence-corrected chi connectivity index (χ0v) is 13.5. The Bertz CT molecular complexity index is 644. The predicted molar refractivity (Wildman–Crippen MR) is 77.9 cm³/mol. The van der Waals surface area contributed by atoms with E-state index in [1.807, 2.05) is 0 Å². The molecule has 2 rings (SSSR count). The van der Waals surface area contributed by atoms with Crippen LogP contribution in [-0.2, 0) is 14.8 Å². The summed E-state index contributed by atoms with van der Waals surface area (Å²) < 4.78 is 39.6. The number of carboxylic acid groups (broad SMARTS) is 1. The SMILES string of the molecule is O=C(O)CN(C1CCCC1)S(=O)(=O)c1ccc(F)cc1Br. The van der Waals surface area contributed by atoms with Crippen molar-refractivity contribution in [1.29, 1.82) is 0 Å². The van der Waals surface area contributed by atoms with Gasteiger partial charge in [0.1, 0.15) is 12.4 Å². The Hall–Kier alpha value is -0.990. The van der Waals surface area contributed by atoms with E-state index in [1.54, 1.807) is 0 Å². The number of sulfonamides is 1. The molecule has 1 aromatic carbocycles. The first-order valence-electron chi connectivity index (χ1n) is 6.51. The van der Waals surface area contributed by atoms with Crippen molar-refractivity contribution in [3.05, 3.63) is 28.5 Å². The number of nitrogens with zero attached hydrogens (tertiary/aromatic N) is 1. The molecule has 0 spiro atoms. The lowest BCUT2D eigenvalue weighted by Gasteiger charge is -2.26. The molecule has 0 aliphatic heterocycles. The lowest BCUT2D eigenvalue weighted by Crippen LogP contribution is -2.42. The van der Waals surface area contributed by atoms with Gasteiger partial charge in [-0.15, -0.1) is 0 Å². The van der Waals surface area contributed by atoms with Gasteiger partial charge in [-0.25, -0.2) is 12.8 Å². The van der Waals surface area contributed by atoms with Gasteiger partial charge in [-0.3, -0.25) is 4.79 Å². The Morgan fingerprint density at radius 3 is 2.52 bits per heavy atom. The molecule has 1 aliphatic rings. The molecule has 0 heterocycles. The molecule has 21 heavy (non-hydrogen) atoms. The van der Waals surface area contributed by atoms with Gasteiger partial charge in [-0.1, -0.05) is 12.8 Å². The molecule has 116 valence electrons. The molecule has 1 saturated carbocycles. The molecule has 1 aliphatic carbocycles. The molecule has 1 N–H and O–H groups in total. The van der Waals surface area contributed by atoms with Gasteiger partial charge in [0.25, 0.3) is 0 Å². The maximum Gasteiger partial charge on any atom is 0.318 e. The van der Waals surface area contributed by atoms with Gasteiger partial charge in [0.05, 0.1) is 4.90 Å². The number of aliphatic carboxylic acids is 1. The maximum absolute atomic E-state index is 13.1. The molecular formula is C13H15BrFNO4S. The fourth-order valence-electron chi connectivity index (χ4n) is 2.55. The smallest absolute Gasteiger partial charge is 0.318 e. The van der Waals surface area contributed by atoms with Gasteiger partial charge in [0, 0.05) is 10.5 Å². The summed E-state index contributed by atoms with van der Waals surface area (Å²) in [6, 6.07) is 2.94. The molecule has 0 saturated heterocycles. The molecule has 8 heteroatoms. The van der Waals surface area contributed by atoms with E-state index < -0.39 is 28.4 Å². The van der Waals surface area contributed by atoms with E-state index >= 15 is 0 Å². The molecule has 5 nitrogen and oxygen atoms in total. The van der Waals surface area contributed by atoms with Gasteiger partial charge in [0.15, 0.2) is 0 Å². The average molecular weight is 380 g/mol. The van der Waals surface area contributed by atoms with E-state index in [1.165, 1.54) is 0 Å². The van der Waals surface area contributed by atoms with Crippen LogP contribution < -0.4 is 0 Å². The van der Waals surface area contributed by atoms with Crippen molar-refractivity contribution < 1.29 is 22.7 Å². The first-order chi connectivity index (χ1) is 9.82. The zero-order chi connectivity index (χ0) is 15.6. The van der Waals surface area contributed by atoms with Crippen LogP contribution in [0.1, 0.15) is 25.7 Å². The fraction of sp³-hybridized carbons (Fsp3) is 0.462. The zero-order valence-electron chi connectivity index (χ0n) is 11.1. The van der Waals surface area contributed by atoms with Gasteiger partial charge in [-0.2, -0.15) is 4.31 Å². The van der Waals surface area contributed by atoms with Crippen LogP contribution in [0.5, 0.6) is 0 Å².